The zero-order valence-corrected chi connectivity index (χ0v) is 7.37. The van der Waals surface area contributed by atoms with Crippen molar-refractivity contribution in [3.05, 3.63) is 0 Å². The molecular weight excluding hydrogens is 202 g/mol. The summed E-state index contributed by atoms with van der Waals surface area (Å²) in [5.41, 5.74) is 0. The van der Waals surface area contributed by atoms with Crippen LogP contribution in [0.25, 0.3) is 0 Å². The molecule has 0 saturated carbocycles. The Labute approximate surface area is 78.6 Å². The number of nitrogens with one attached hydrogen (secondary N) is 2. The summed E-state index contributed by atoms with van der Waals surface area (Å²) in [5, 5.41) is 4.70. The highest BCUT2D eigenvalue weighted by Gasteiger charge is 2.23. The predicted octanol–water partition coefficient (Wildman–Crippen LogP) is 0.277. The number of amides is 1. The van der Waals surface area contributed by atoms with Gasteiger partial charge in [-0.05, 0) is 0 Å². The molecule has 13 heavy (non-hydrogen) atoms. The Morgan fingerprint density at radius 3 is 3.00 bits per heavy atom. The molecule has 74 valence electrons. The predicted molar refractivity (Wildman–Crippen MR) is 44.9 cm³/mol. The maximum absolute atomic E-state index is 11.9. The number of halogens is 2. The van der Waals surface area contributed by atoms with Gasteiger partial charge in [0.1, 0.15) is 11.1 Å². The van der Waals surface area contributed by atoms with E-state index in [1.165, 1.54) is 0 Å². The Morgan fingerprint density at radius 2 is 2.54 bits per heavy atom. The molecule has 1 atom stereocenters. The monoisotopic (exact) mass is 210 g/mol. The third-order valence-electron chi connectivity index (χ3n) is 1.45. The normalized spacial score (nSPS) is 21.2. The smallest absolute Gasteiger partial charge is 0.407 e. The highest BCUT2D eigenvalue weighted by Crippen LogP contribution is 1.99. The molecule has 1 aliphatic heterocycles. The van der Waals surface area contributed by atoms with Crippen molar-refractivity contribution in [3.63, 3.8) is 0 Å². The molecule has 0 bridgehead atoms. The van der Waals surface area contributed by atoms with Gasteiger partial charge in [0.15, 0.2) is 0 Å². The van der Waals surface area contributed by atoms with Crippen LogP contribution in [-0.2, 0) is 4.74 Å². The molecule has 7 heteroatoms. The SMILES string of the molecule is O=C1NCC(CNC(=S)C(F)F)O1. The topological polar surface area (TPSA) is 50.4 Å². The molecule has 0 aromatic rings. The largest absolute Gasteiger partial charge is 0.442 e. The van der Waals surface area contributed by atoms with E-state index in [0.29, 0.717) is 6.54 Å². The first-order chi connectivity index (χ1) is 6.09. The second-order valence-corrected chi connectivity index (χ2v) is 2.89. The van der Waals surface area contributed by atoms with Crippen LogP contribution in [0.1, 0.15) is 0 Å². The van der Waals surface area contributed by atoms with E-state index in [0.717, 1.165) is 0 Å². The highest BCUT2D eigenvalue weighted by atomic mass is 32.1. The summed E-state index contributed by atoms with van der Waals surface area (Å²) < 4.78 is 28.4. The number of carbonyl (C=O) groups excluding carboxylic acids is 1. The van der Waals surface area contributed by atoms with Gasteiger partial charge in [0.05, 0.1) is 13.1 Å². The molecule has 1 aliphatic rings. The van der Waals surface area contributed by atoms with Crippen molar-refractivity contribution in [2.75, 3.05) is 13.1 Å². The average molecular weight is 210 g/mol. The van der Waals surface area contributed by atoms with Gasteiger partial charge in [-0.25, -0.2) is 13.6 Å². The highest BCUT2D eigenvalue weighted by molar-refractivity contribution is 7.80. The van der Waals surface area contributed by atoms with Crippen molar-refractivity contribution in [1.29, 1.82) is 0 Å². The van der Waals surface area contributed by atoms with Crippen LogP contribution in [0.15, 0.2) is 0 Å². The van der Waals surface area contributed by atoms with Crippen LogP contribution in [0.3, 0.4) is 0 Å². The van der Waals surface area contributed by atoms with Crippen molar-refractivity contribution in [3.8, 4) is 0 Å². The molecule has 0 aromatic carbocycles. The fourth-order valence-corrected chi connectivity index (χ4v) is 0.921. The molecule has 2 N–H and O–H groups in total. The zero-order chi connectivity index (χ0) is 9.84. The number of cyclic esters (lactones) is 1. The molecule has 4 nitrogen and oxygen atoms in total. The molecule has 1 rings (SSSR count). The summed E-state index contributed by atoms with van der Waals surface area (Å²) in [7, 11) is 0. The first kappa shape index (κ1) is 10.1. The molecule has 0 aromatic heterocycles. The van der Waals surface area contributed by atoms with Gasteiger partial charge in [0, 0.05) is 0 Å². The Balaban J connectivity index is 2.19. The Hall–Kier alpha value is -0.980. The van der Waals surface area contributed by atoms with Crippen LogP contribution in [-0.4, -0.2) is 36.7 Å². The molecule has 1 fully saturated rings. The lowest BCUT2D eigenvalue weighted by Gasteiger charge is -2.10. The Bertz CT molecular complexity index is 225. The molecule has 0 aliphatic carbocycles. The van der Waals surface area contributed by atoms with Crippen LogP contribution in [0.2, 0.25) is 0 Å². The van der Waals surface area contributed by atoms with E-state index in [9.17, 15) is 13.6 Å². The third-order valence-corrected chi connectivity index (χ3v) is 1.77. The Morgan fingerprint density at radius 1 is 1.85 bits per heavy atom. The van der Waals surface area contributed by atoms with Crippen molar-refractivity contribution < 1.29 is 18.3 Å². The van der Waals surface area contributed by atoms with Gasteiger partial charge in [-0.2, -0.15) is 0 Å². The fourth-order valence-electron chi connectivity index (χ4n) is 0.837. The minimum absolute atomic E-state index is 0.113. The van der Waals surface area contributed by atoms with Gasteiger partial charge in [-0.3, -0.25) is 0 Å². The summed E-state index contributed by atoms with van der Waals surface area (Å²) in [6, 6.07) is 0. The van der Waals surface area contributed by atoms with Crippen molar-refractivity contribution in [2.45, 2.75) is 12.5 Å². The summed E-state index contributed by atoms with van der Waals surface area (Å²) in [4.78, 5) is 9.96. The van der Waals surface area contributed by atoms with Crippen LogP contribution in [0.5, 0.6) is 0 Å². The number of thiocarbonyl (C=S) groups is 1. The van der Waals surface area contributed by atoms with Crippen molar-refractivity contribution in [1.82, 2.24) is 10.6 Å². The number of alkyl halides is 2. The van der Waals surface area contributed by atoms with E-state index in [4.69, 9.17) is 0 Å². The van der Waals surface area contributed by atoms with E-state index in [1.807, 2.05) is 0 Å². The van der Waals surface area contributed by atoms with Crippen LogP contribution in [0, 0.1) is 0 Å². The quantitative estimate of drug-likeness (QED) is 0.657. The summed E-state index contributed by atoms with van der Waals surface area (Å²) >= 11 is 4.32. The van der Waals surface area contributed by atoms with E-state index in [1.54, 1.807) is 0 Å². The molecular formula is C6H8F2N2O2S. The average Bonchev–Trinajstić information content (AvgIpc) is 2.47. The van der Waals surface area contributed by atoms with Gasteiger partial charge in [0.2, 0.25) is 0 Å². The maximum atomic E-state index is 11.9. The van der Waals surface area contributed by atoms with Gasteiger partial charge in [0.25, 0.3) is 6.43 Å². The van der Waals surface area contributed by atoms with E-state index >= 15 is 0 Å². The van der Waals surface area contributed by atoms with Crippen LogP contribution in [0.4, 0.5) is 13.6 Å². The van der Waals surface area contributed by atoms with E-state index in [-0.39, 0.29) is 6.54 Å². The van der Waals surface area contributed by atoms with Gasteiger partial charge < -0.3 is 15.4 Å². The van der Waals surface area contributed by atoms with Crippen molar-refractivity contribution in [2.24, 2.45) is 0 Å². The number of ether oxygens (including phenoxy) is 1. The number of carbonyl (C=O) groups is 1. The molecule has 1 saturated heterocycles. The lowest BCUT2D eigenvalue weighted by atomic mass is 10.3. The molecule has 1 unspecified atom stereocenters. The summed E-state index contributed by atoms with van der Waals surface area (Å²) in [6.45, 7) is 0.430. The second kappa shape index (κ2) is 4.31. The number of alkyl carbamates (subject to hydrolysis) is 1. The number of hydrogen-bond acceptors (Lipinski definition) is 3. The second-order valence-electron chi connectivity index (χ2n) is 2.45. The lowest BCUT2D eigenvalue weighted by molar-refractivity contribution is 0.141. The molecule has 0 spiro atoms. The molecule has 1 amide bonds. The first-order valence-corrected chi connectivity index (χ1v) is 4.01. The summed E-state index contributed by atoms with van der Waals surface area (Å²) in [6.07, 6.45) is -3.63. The fraction of sp³-hybridized carbons (Fsp3) is 0.667. The minimum Gasteiger partial charge on any atom is -0.442 e. The van der Waals surface area contributed by atoms with Crippen LogP contribution < -0.4 is 10.6 Å². The first-order valence-electron chi connectivity index (χ1n) is 3.60. The van der Waals surface area contributed by atoms with E-state index < -0.39 is 23.6 Å². The summed E-state index contributed by atoms with van der Waals surface area (Å²) in [5.74, 6) is 0. The third kappa shape index (κ3) is 3.10. The minimum atomic E-state index is -2.67. The number of hydrogen-bond donors (Lipinski definition) is 2. The molecule has 0 radical (unpaired) electrons. The number of rotatable bonds is 3. The molecule has 1 heterocycles. The Kier molecular flexibility index (Phi) is 3.35. The zero-order valence-electron chi connectivity index (χ0n) is 6.55. The van der Waals surface area contributed by atoms with Crippen LogP contribution >= 0.6 is 12.2 Å². The van der Waals surface area contributed by atoms with Gasteiger partial charge >= 0.3 is 6.09 Å². The van der Waals surface area contributed by atoms with Gasteiger partial charge in [-0.1, -0.05) is 12.2 Å². The lowest BCUT2D eigenvalue weighted by Crippen LogP contribution is -2.36. The standard InChI is InChI=1S/C6H8F2N2O2S/c7-4(8)5(13)9-1-3-2-10-6(11)12-3/h3-4H,1-2H2,(H,9,13)(H,10,11). The van der Waals surface area contributed by atoms with Gasteiger partial charge in [-0.15, -0.1) is 0 Å². The van der Waals surface area contributed by atoms with Crippen molar-refractivity contribution >= 4 is 23.3 Å². The maximum Gasteiger partial charge on any atom is 0.407 e. The van der Waals surface area contributed by atoms with E-state index in [2.05, 4.69) is 27.6 Å².